The van der Waals surface area contributed by atoms with E-state index < -0.39 is 11.9 Å². The van der Waals surface area contributed by atoms with Gasteiger partial charge in [-0.2, -0.15) is 0 Å². The van der Waals surface area contributed by atoms with Gasteiger partial charge in [0.15, 0.2) is 6.29 Å². The third-order valence-electron chi connectivity index (χ3n) is 7.46. The fourth-order valence-electron chi connectivity index (χ4n) is 5.89. The van der Waals surface area contributed by atoms with E-state index >= 15 is 0 Å². The van der Waals surface area contributed by atoms with Gasteiger partial charge in [0.05, 0.1) is 11.1 Å². The van der Waals surface area contributed by atoms with Crippen molar-refractivity contribution in [2.75, 3.05) is 0 Å². The minimum atomic E-state index is -1.14. The Bertz CT molecular complexity index is 1740. The van der Waals surface area contributed by atoms with Crippen molar-refractivity contribution in [2.24, 2.45) is 0 Å². The Hall–Kier alpha value is -4.52. The molecule has 178 valence electrons. The van der Waals surface area contributed by atoms with Crippen LogP contribution in [0.2, 0.25) is 0 Å². The number of rotatable bonds is 5. The number of hydrogen-bond acceptors (Lipinski definition) is 4. The summed E-state index contributed by atoms with van der Waals surface area (Å²) in [4.78, 5) is 49.5. The number of fused-ring (bicyclic) bond motifs is 2. The van der Waals surface area contributed by atoms with E-state index in [9.17, 15) is 29.4 Å². The second-order valence-corrected chi connectivity index (χ2v) is 9.37. The van der Waals surface area contributed by atoms with Crippen LogP contribution in [0.15, 0.2) is 48.5 Å². The molecule has 1 aliphatic carbocycles. The van der Waals surface area contributed by atoms with Gasteiger partial charge < -0.3 is 15.5 Å². The number of carbonyl (C=O) groups is 4. The quantitative estimate of drug-likeness (QED) is 0.171. The first-order valence-electron chi connectivity index (χ1n) is 11.8. The van der Waals surface area contributed by atoms with Crippen LogP contribution in [0.1, 0.15) is 67.1 Å². The minimum absolute atomic E-state index is 0.0205. The Kier molecular flexibility index (Phi) is 4.89. The summed E-state index contributed by atoms with van der Waals surface area (Å²) in [5.41, 5.74) is 0.610. The van der Waals surface area contributed by atoms with Crippen LogP contribution in [0, 0.1) is 0 Å². The summed E-state index contributed by atoms with van der Waals surface area (Å²) >= 11 is 0. The van der Waals surface area contributed by atoms with Crippen LogP contribution < -0.4 is 5.32 Å². The van der Waals surface area contributed by atoms with Gasteiger partial charge in [-0.25, -0.2) is 9.59 Å². The lowest BCUT2D eigenvalue weighted by atomic mass is 9.84. The Balaban J connectivity index is 1.77. The van der Waals surface area contributed by atoms with E-state index in [0.717, 1.165) is 25.7 Å². The van der Waals surface area contributed by atoms with Crippen LogP contribution in [0.25, 0.3) is 43.1 Å². The molecule has 0 spiro atoms. The fraction of sp³-hybridized carbons (Fsp3) is 0.172. The van der Waals surface area contributed by atoms with Gasteiger partial charge in [0, 0.05) is 27.9 Å². The number of benzene rings is 5. The molecule has 7 nitrogen and oxygen atoms in total. The summed E-state index contributed by atoms with van der Waals surface area (Å²) in [5, 5.41) is 27.6. The molecule has 5 aromatic carbocycles. The molecule has 5 aromatic rings. The maximum absolute atomic E-state index is 13.3. The minimum Gasteiger partial charge on any atom is -0.478 e. The number of hydrogen-bond donors (Lipinski definition) is 3. The topological polar surface area (TPSA) is 121 Å². The first kappa shape index (κ1) is 22.0. The summed E-state index contributed by atoms with van der Waals surface area (Å²) in [6, 6.07) is 13.2. The van der Waals surface area contributed by atoms with Gasteiger partial charge in [-0.15, -0.1) is 0 Å². The smallest absolute Gasteiger partial charge is 0.336 e. The maximum atomic E-state index is 13.3. The summed E-state index contributed by atoms with van der Waals surface area (Å²) in [6.45, 7) is 0. The Morgan fingerprint density at radius 3 is 1.67 bits per heavy atom. The highest BCUT2D eigenvalue weighted by Crippen LogP contribution is 2.43. The van der Waals surface area contributed by atoms with Crippen molar-refractivity contribution in [3.63, 3.8) is 0 Å². The fourth-order valence-corrected chi connectivity index (χ4v) is 5.89. The van der Waals surface area contributed by atoms with E-state index in [1.165, 1.54) is 12.1 Å². The van der Waals surface area contributed by atoms with Gasteiger partial charge in [-0.1, -0.05) is 43.2 Å². The zero-order valence-corrected chi connectivity index (χ0v) is 19.1. The van der Waals surface area contributed by atoms with Crippen LogP contribution in [0.5, 0.6) is 0 Å². The van der Waals surface area contributed by atoms with Gasteiger partial charge in [-0.05, 0) is 63.4 Å². The highest BCUT2D eigenvalue weighted by atomic mass is 16.4. The molecule has 1 amide bonds. The average Bonchev–Trinajstić information content (AvgIpc) is 3.38. The van der Waals surface area contributed by atoms with Gasteiger partial charge in [0.2, 0.25) is 0 Å². The summed E-state index contributed by atoms with van der Waals surface area (Å²) in [5.74, 6) is -2.58. The molecular weight excluding hydrogens is 458 g/mol. The standard InChI is InChI=1S/C29H21NO6/c31-13-14-5-6-16-19-9-12-22(29(35)36)26-20(27(32)30-15-3-1-2-4-15)10-7-18(25(19)26)17-8-11-21(28(33)34)23(14)24(16)17/h5-13,15H,1-4H2,(H,30,32)(H,33,34)(H,35,36). The first-order valence-corrected chi connectivity index (χ1v) is 11.8. The van der Waals surface area contributed by atoms with Crippen LogP contribution in [0.3, 0.4) is 0 Å². The molecule has 1 fully saturated rings. The molecule has 36 heavy (non-hydrogen) atoms. The summed E-state index contributed by atoms with van der Waals surface area (Å²) in [6.07, 6.45) is 4.55. The predicted octanol–water partition coefficient (Wildman–Crippen LogP) is 5.62. The van der Waals surface area contributed by atoms with E-state index in [-0.39, 0.29) is 28.6 Å². The molecule has 0 saturated heterocycles. The van der Waals surface area contributed by atoms with E-state index in [1.807, 2.05) is 0 Å². The summed E-state index contributed by atoms with van der Waals surface area (Å²) in [7, 11) is 0. The van der Waals surface area contributed by atoms with Gasteiger partial charge in [0.25, 0.3) is 5.91 Å². The zero-order chi connectivity index (χ0) is 25.1. The number of aldehydes is 1. The lowest BCUT2D eigenvalue weighted by Gasteiger charge is -2.20. The zero-order valence-electron chi connectivity index (χ0n) is 19.1. The third-order valence-corrected chi connectivity index (χ3v) is 7.46. The van der Waals surface area contributed by atoms with E-state index in [1.54, 1.807) is 36.4 Å². The largest absolute Gasteiger partial charge is 0.478 e. The van der Waals surface area contributed by atoms with Crippen LogP contribution in [-0.4, -0.2) is 40.4 Å². The molecular formula is C29H21NO6. The molecule has 6 rings (SSSR count). The summed E-state index contributed by atoms with van der Waals surface area (Å²) < 4.78 is 0. The van der Waals surface area contributed by atoms with Crippen molar-refractivity contribution in [3.8, 4) is 0 Å². The molecule has 0 atom stereocenters. The van der Waals surface area contributed by atoms with Crippen LogP contribution in [-0.2, 0) is 0 Å². The molecule has 1 saturated carbocycles. The second kappa shape index (κ2) is 8.02. The van der Waals surface area contributed by atoms with E-state index in [4.69, 9.17) is 0 Å². The highest BCUT2D eigenvalue weighted by molar-refractivity contribution is 6.37. The van der Waals surface area contributed by atoms with Crippen molar-refractivity contribution in [1.29, 1.82) is 0 Å². The van der Waals surface area contributed by atoms with Crippen LogP contribution in [0.4, 0.5) is 0 Å². The Labute approximate surface area is 204 Å². The number of carboxylic acid groups (broad SMARTS) is 2. The number of aromatic carboxylic acids is 2. The van der Waals surface area contributed by atoms with Gasteiger partial charge in [-0.3, -0.25) is 9.59 Å². The number of carbonyl (C=O) groups excluding carboxylic acids is 2. The maximum Gasteiger partial charge on any atom is 0.336 e. The number of amides is 1. The molecule has 0 aromatic heterocycles. The van der Waals surface area contributed by atoms with Gasteiger partial charge in [0.1, 0.15) is 0 Å². The molecule has 1 aliphatic rings. The Morgan fingerprint density at radius 2 is 1.14 bits per heavy atom. The Morgan fingerprint density at radius 1 is 0.667 bits per heavy atom. The average molecular weight is 479 g/mol. The number of carboxylic acids is 2. The molecule has 0 unspecified atom stereocenters. The van der Waals surface area contributed by atoms with E-state index in [2.05, 4.69) is 5.32 Å². The molecule has 7 heteroatoms. The molecule has 0 radical (unpaired) electrons. The van der Waals surface area contributed by atoms with Crippen molar-refractivity contribution < 1.29 is 29.4 Å². The molecule has 0 aliphatic heterocycles. The van der Waals surface area contributed by atoms with Crippen molar-refractivity contribution in [1.82, 2.24) is 5.32 Å². The van der Waals surface area contributed by atoms with E-state index in [0.29, 0.717) is 54.9 Å². The first-order chi connectivity index (χ1) is 17.4. The third kappa shape index (κ3) is 3.05. The van der Waals surface area contributed by atoms with Crippen molar-refractivity contribution in [3.05, 3.63) is 70.8 Å². The SMILES string of the molecule is O=Cc1ccc2c3ccc(C(=O)O)c4c(C(=O)NC5CCCC5)ccc(c5ccc(C(=O)O)c1c25)c43. The predicted molar refractivity (Wildman–Crippen MR) is 137 cm³/mol. The van der Waals surface area contributed by atoms with Crippen LogP contribution >= 0.6 is 0 Å². The van der Waals surface area contributed by atoms with Crippen molar-refractivity contribution >= 4 is 67.2 Å². The lowest BCUT2D eigenvalue weighted by Crippen LogP contribution is -2.32. The normalized spacial score (nSPS) is 14.2. The number of nitrogens with one attached hydrogen (secondary N) is 1. The second-order valence-electron chi connectivity index (χ2n) is 9.37. The molecule has 0 bridgehead atoms. The lowest BCUT2D eigenvalue weighted by molar-refractivity contribution is 0.0688. The highest BCUT2D eigenvalue weighted by Gasteiger charge is 2.25. The van der Waals surface area contributed by atoms with Crippen molar-refractivity contribution in [2.45, 2.75) is 31.7 Å². The molecule has 3 N–H and O–H groups in total. The monoisotopic (exact) mass is 479 g/mol. The van der Waals surface area contributed by atoms with Gasteiger partial charge >= 0.3 is 11.9 Å². The molecule has 0 heterocycles.